The molecule has 1 fully saturated rings. The van der Waals surface area contributed by atoms with Crippen LogP contribution >= 0.6 is 0 Å². The summed E-state index contributed by atoms with van der Waals surface area (Å²) in [5, 5.41) is 3.47. The summed E-state index contributed by atoms with van der Waals surface area (Å²) in [4.78, 5) is 15.1. The van der Waals surface area contributed by atoms with E-state index in [1.54, 1.807) is 0 Å². The molecule has 1 aliphatic carbocycles. The van der Waals surface area contributed by atoms with Gasteiger partial charge in [-0.3, -0.25) is 9.79 Å². The second kappa shape index (κ2) is 3.28. The molecule has 0 radical (unpaired) electrons. The first-order valence-electron chi connectivity index (χ1n) is 5.20. The highest BCUT2D eigenvalue weighted by Crippen LogP contribution is 2.36. The first kappa shape index (κ1) is 8.80. The van der Waals surface area contributed by atoms with E-state index < -0.39 is 0 Å². The third-order valence-corrected chi connectivity index (χ3v) is 3.37. The van der Waals surface area contributed by atoms with Crippen LogP contribution in [-0.2, 0) is 4.79 Å². The highest BCUT2D eigenvalue weighted by atomic mass is 16.1. The largest absolute Gasteiger partial charge is 0.302 e. The van der Waals surface area contributed by atoms with Gasteiger partial charge in [0, 0.05) is 36.3 Å². The van der Waals surface area contributed by atoms with Crippen molar-refractivity contribution in [2.24, 2.45) is 16.8 Å². The summed E-state index contributed by atoms with van der Waals surface area (Å²) in [6, 6.07) is 0.551. The van der Waals surface area contributed by atoms with E-state index >= 15 is 0 Å². The van der Waals surface area contributed by atoms with E-state index in [1.165, 1.54) is 0 Å². The van der Waals surface area contributed by atoms with E-state index in [0.29, 0.717) is 5.92 Å². The summed E-state index contributed by atoms with van der Waals surface area (Å²) in [6.07, 6.45) is 12.8. The van der Waals surface area contributed by atoms with Gasteiger partial charge in [-0.25, -0.2) is 0 Å². The fourth-order valence-corrected chi connectivity index (χ4v) is 2.69. The number of fused-ring (bicyclic) bond motifs is 3. The molecule has 3 aliphatic rings. The normalized spacial score (nSPS) is 40.9. The van der Waals surface area contributed by atoms with Crippen LogP contribution in [-0.4, -0.2) is 24.6 Å². The van der Waals surface area contributed by atoms with Crippen LogP contribution in [0.4, 0.5) is 0 Å². The van der Waals surface area contributed by atoms with E-state index in [2.05, 4.69) is 22.5 Å². The molecule has 2 heterocycles. The number of hydrogen-bond acceptors (Lipinski definition) is 3. The fraction of sp³-hybridized carbons (Fsp3) is 0.333. The zero-order valence-electron chi connectivity index (χ0n) is 8.21. The number of carbonyl (C=O) groups is 1. The van der Waals surface area contributed by atoms with Crippen molar-refractivity contribution in [3.8, 4) is 0 Å². The molecule has 0 bridgehead atoms. The number of hydrogen-bond donors (Lipinski definition) is 1. The molecule has 0 saturated carbocycles. The third-order valence-electron chi connectivity index (χ3n) is 3.37. The number of aliphatic imine (C=N–C) groups is 1. The smallest absolute Gasteiger partial charge is 0.146 e. The van der Waals surface area contributed by atoms with Gasteiger partial charge in [0.15, 0.2) is 0 Å². The average Bonchev–Trinajstić information content (AvgIpc) is 2.67. The summed E-state index contributed by atoms with van der Waals surface area (Å²) in [5.41, 5.74) is 0.891. The Kier molecular flexibility index (Phi) is 1.92. The molecule has 0 aromatic heterocycles. The van der Waals surface area contributed by atoms with Gasteiger partial charge in [-0.15, -0.1) is 0 Å². The molecule has 1 N–H and O–H groups in total. The fourth-order valence-electron chi connectivity index (χ4n) is 2.69. The quantitative estimate of drug-likeness (QED) is 0.638. The van der Waals surface area contributed by atoms with Gasteiger partial charge in [-0.05, 0) is 5.57 Å². The Hall–Kier alpha value is -1.48. The van der Waals surface area contributed by atoms with Crippen LogP contribution < -0.4 is 5.32 Å². The average molecular weight is 200 g/mol. The van der Waals surface area contributed by atoms with Gasteiger partial charge >= 0.3 is 0 Å². The molecular formula is C12H12N2O. The van der Waals surface area contributed by atoms with Crippen molar-refractivity contribution in [2.75, 3.05) is 0 Å². The van der Waals surface area contributed by atoms with Crippen molar-refractivity contribution >= 4 is 12.5 Å². The first-order chi connectivity index (χ1) is 7.40. The molecule has 3 rings (SSSR count). The Morgan fingerprint density at radius 3 is 3.13 bits per heavy atom. The molecule has 0 amide bonds. The summed E-state index contributed by atoms with van der Waals surface area (Å²) < 4.78 is 0. The van der Waals surface area contributed by atoms with Gasteiger partial charge < -0.3 is 5.32 Å². The van der Waals surface area contributed by atoms with Gasteiger partial charge in [0.25, 0.3) is 0 Å². The molecule has 4 atom stereocenters. The highest BCUT2D eigenvalue weighted by molar-refractivity contribution is 5.78. The molecule has 15 heavy (non-hydrogen) atoms. The van der Waals surface area contributed by atoms with E-state index in [9.17, 15) is 4.79 Å². The second-order valence-corrected chi connectivity index (χ2v) is 4.13. The summed E-state index contributed by atoms with van der Waals surface area (Å²) in [6.45, 7) is 0. The van der Waals surface area contributed by atoms with Gasteiger partial charge in [0.1, 0.15) is 6.29 Å². The molecule has 4 unspecified atom stereocenters. The lowest BCUT2D eigenvalue weighted by Gasteiger charge is -2.23. The van der Waals surface area contributed by atoms with Gasteiger partial charge in [0.05, 0.1) is 0 Å². The van der Waals surface area contributed by atoms with Crippen molar-refractivity contribution in [3.05, 3.63) is 36.1 Å². The van der Waals surface area contributed by atoms with Crippen LogP contribution in [0.3, 0.4) is 0 Å². The Labute approximate surface area is 88.3 Å². The van der Waals surface area contributed by atoms with Gasteiger partial charge in [0.2, 0.25) is 0 Å². The SMILES string of the molecule is O=CC1=CC=CC2NC3C=NC=CC3C12. The Bertz CT molecular complexity index is 406. The molecule has 76 valence electrons. The lowest BCUT2D eigenvalue weighted by Crippen LogP contribution is -2.32. The van der Waals surface area contributed by atoms with Crippen molar-refractivity contribution < 1.29 is 4.79 Å². The summed E-state index contributed by atoms with van der Waals surface area (Å²) >= 11 is 0. The maximum Gasteiger partial charge on any atom is 0.146 e. The molecule has 2 aliphatic heterocycles. The number of rotatable bonds is 1. The van der Waals surface area contributed by atoms with Crippen LogP contribution in [0.1, 0.15) is 0 Å². The van der Waals surface area contributed by atoms with E-state index in [1.807, 2.05) is 24.6 Å². The van der Waals surface area contributed by atoms with E-state index in [-0.39, 0.29) is 18.0 Å². The minimum Gasteiger partial charge on any atom is -0.302 e. The lowest BCUT2D eigenvalue weighted by atomic mass is 9.79. The number of nitrogens with zero attached hydrogens (tertiary/aromatic N) is 1. The Morgan fingerprint density at radius 1 is 1.33 bits per heavy atom. The maximum absolute atomic E-state index is 11.0. The van der Waals surface area contributed by atoms with E-state index in [0.717, 1.165) is 11.9 Å². The summed E-state index contributed by atoms with van der Waals surface area (Å²) in [7, 11) is 0. The summed E-state index contributed by atoms with van der Waals surface area (Å²) in [5.74, 6) is 0.648. The molecule has 3 nitrogen and oxygen atoms in total. The van der Waals surface area contributed by atoms with Crippen LogP contribution in [0.15, 0.2) is 41.1 Å². The van der Waals surface area contributed by atoms with Crippen LogP contribution in [0, 0.1) is 11.8 Å². The predicted molar refractivity (Wildman–Crippen MR) is 58.6 cm³/mol. The maximum atomic E-state index is 11.0. The predicted octanol–water partition coefficient (Wildman–Crippen LogP) is 0.852. The zero-order valence-corrected chi connectivity index (χ0v) is 8.21. The topological polar surface area (TPSA) is 41.5 Å². The standard InChI is InChI=1S/C12H12N2O/c15-7-8-2-1-3-10-12(8)9-4-5-13-6-11(9)14-10/h1-7,9-12,14H. The molecular weight excluding hydrogens is 188 g/mol. The number of carbonyl (C=O) groups excluding carboxylic acids is 1. The van der Waals surface area contributed by atoms with Crippen LogP contribution in [0.5, 0.6) is 0 Å². The first-order valence-corrected chi connectivity index (χ1v) is 5.20. The highest BCUT2D eigenvalue weighted by Gasteiger charge is 2.42. The lowest BCUT2D eigenvalue weighted by molar-refractivity contribution is -0.105. The Balaban J connectivity index is 1.99. The molecule has 3 heteroatoms. The minimum absolute atomic E-state index is 0.274. The number of allylic oxidation sites excluding steroid dienone is 2. The van der Waals surface area contributed by atoms with Crippen LogP contribution in [0.25, 0.3) is 0 Å². The van der Waals surface area contributed by atoms with Crippen molar-refractivity contribution in [3.63, 3.8) is 0 Å². The van der Waals surface area contributed by atoms with Crippen molar-refractivity contribution in [2.45, 2.75) is 12.1 Å². The van der Waals surface area contributed by atoms with Crippen molar-refractivity contribution in [1.82, 2.24) is 5.32 Å². The zero-order chi connectivity index (χ0) is 10.3. The molecule has 0 aromatic rings. The second-order valence-electron chi connectivity index (χ2n) is 4.13. The van der Waals surface area contributed by atoms with E-state index in [4.69, 9.17) is 0 Å². The monoisotopic (exact) mass is 200 g/mol. The molecule has 0 aromatic carbocycles. The van der Waals surface area contributed by atoms with Gasteiger partial charge in [-0.2, -0.15) is 0 Å². The third kappa shape index (κ3) is 1.23. The minimum atomic E-state index is 0.274. The van der Waals surface area contributed by atoms with Crippen molar-refractivity contribution in [1.29, 1.82) is 0 Å². The number of nitrogens with one attached hydrogen (secondary N) is 1. The van der Waals surface area contributed by atoms with Gasteiger partial charge in [-0.1, -0.05) is 24.3 Å². The molecule has 0 spiro atoms. The Morgan fingerprint density at radius 2 is 2.27 bits per heavy atom. The number of aldehydes is 1. The molecule has 1 saturated heterocycles. The van der Waals surface area contributed by atoms with Crippen LogP contribution in [0.2, 0.25) is 0 Å².